The lowest BCUT2D eigenvalue weighted by molar-refractivity contribution is 0.102. The summed E-state index contributed by atoms with van der Waals surface area (Å²) in [6, 6.07) is 20.3. The molecule has 0 aliphatic carbocycles. The highest BCUT2D eigenvalue weighted by molar-refractivity contribution is 7.14. The molecule has 0 bridgehead atoms. The fourth-order valence-corrected chi connectivity index (χ4v) is 3.96. The van der Waals surface area contributed by atoms with E-state index in [0.717, 1.165) is 27.9 Å². The third-order valence-corrected chi connectivity index (χ3v) is 5.53. The minimum Gasteiger partial charge on any atom is -0.397 e. The molecule has 3 aromatic heterocycles. The van der Waals surface area contributed by atoms with Gasteiger partial charge in [0.25, 0.3) is 5.91 Å². The van der Waals surface area contributed by atoms with Crippen molar-refractivity contribution < 1.29 is 4.79 Å². The number of anilines is 4. The Bertz CT molecular complexity index is 1390. The summed E-state index contributed by atoms with van der Waals surface area (Å²) in [6.45, 7) is 0. The molecule has 152 valence electrons. The molecule has 0 aliphatic rings. The van der Waals surface area contributed by atoms with Crippen LogP contribution in [0.5, 0.6) is 0 Å². The number of benzene rings is 2. The molecule has 1 amide bonds. The molecule has 0 aliphatic heterocycles. The van der Waals surface area contributed by atoms with Crippen LogP contribution in [0.3, 0.4) is 0 Å². The number of aromatic nitrogens is 3. The van der Waals surface area contributed by atoms with E-state index >= 15 is 0 Å². The van der Waals surface area contributed by atoms with Crippen LogP contribution in [0, 0.1) is 0 Å². The van der Waals surface area contributed by atoms with Crippen LogP contribution in [0.25, 0.3) is 17.0 Å². The zero-order chi connectivity index (χ0) is 21.2. The molecule has 8 heteroatoms. The van der Waals surface area contributed by atoms with E-state index in [9.17, 15) is 4.79 Å². The van der Waals surface area contributed by atoms with Crippen LogP contribution in [-0.2, 0) is 0 Å². The number of nitrogens with one attached hydrogen (secondary N) is 2. The molecule has 5 rings (SSSR count). The predicted molar refractivity (Wildman–Crippen MR) is 125 cm³/mol. The number of amides is 1. The van der Waals surface area contributed by atoms with Gasteiger partial charge in [-0.2, -0.15) is 0 Å². The zero-order valence-electron chi connectivity index (χ0n) is 16.3. The molecule has 4 N–H and O–H groups in total. The van der Waals surface area contributed by atoms with E-state index in [1.54, 1.807) is 24.3 Å². The molecular formula is C23H18N6OS. The van der Waals surface area contributed by atoms with Crippen molar-refractivity contribution in [3.8, 4) is 11.4 Å². The molecule has 2 aromatic carbocycles. The fraction of sp³-hybridized carbons (Fsp3) is 0. The van der Waals surface area contributed by atoms with Gasteiger partial charge in [0.15, 0.2) is 5.13 Å². The van der Waals surface area contributed by atoms with Gasteiger partial charge in [-0.15, -0.1) is 11.3 Å². The van der Waals surface area contributed by atoms with Gasteiger partial charge in [-0.3, -0.25) is 9.20 Å². The van der Waals surface area contributed by atoms with Crippen LogP contribution >= 0.6 is 11.3 Å². The Morgan fingerprint density at radius 3 is 2.81 bits per heavy atom. The summed E-state index contributed by atoms with van der Waals surface area (Å²) >= 11 is 1.49. The maximum Gasteiger partial charge on any atom is 0.255 e. The first kappa shape index (κ1) is 18.8. The first-order valence-electron chi connectivity index (χ1n) is 9.58. The van der Waals surface area contributed by atoms with Gasteiger partial charge < -0.3 is 16.4 Å². The van der Waals surface area contributed by atoms with Crippen molar-refractivity contribution in [1.29, 1.82) is 0 Å². The molecule has 0 atom stereocenters. The second-order valence-electron chi connectivity index (χ2n) is 6.86. The van der Waals surface area contributed by atoms with E-state index in [2.05, 4.69) is 20.6 Å². The minimum atomic E-state index is -0.230. The van der Waals surface area contributed by atoms with Crippen LogP contribution in [0.4, 0.5) is 22.2 Å². The third-order valence-electron chi connectivity index (χ3n) is 4.77. The van der Waals surface area contributed by atoms with Crippen LogP contribution in [0.1, 0.15) is 10.4 Å². The number of imidazole rings is 1. The number of nitrogen functional groups attached to an aromatic ring is 1. The van der Waals surface area contributed by atoms with Gasteiger partial charge in [-0.05, 0) is 42.5 Å². The number of fused-ring (bicyclic) bond motifs is 1. The summed E-state index contributed by atoms with van der Waals surface area (Å²) < 4.78 is 2.00. The number of para-hydroxylation sites is 2. The lowest BCUT2D eigenvalue weighted by Crippen LogP contribution is -2.13. The van der Waals surface area contributed by atoms with Gasteiger partial charge in [0, 0.05) is 22.8 Å². The van der Waals surface area contributed by atoms with E-state index in [1.165, 1.54) is 11.3 Å². The van der Waals surface area contributed by atoms with Crippen molar-refractivity contribution in [2.24, 2.45) is 0 Å². The molecule has 0 fully saturated rings. The predicted octanol–water partition coefficient (Wildman–Crippen LogP) is 5.04. The minimum absolute atomic E-state index is 0.230. The number of nitrogens with zero attached hydrogens (tertiary/aromatic N) is 3. The van der Waals surface area contributed by atoms with Gasteiger partial charge >= 0.3 is 0 Å². The van der Waals surface area contributed by atoms with E-state index in [4.69, 9.17) is 5.73 Å². The molecule has 31 heavy (non-hydrogen) atoms. The SMILES string of the molecule is Nc1ccccc1NC(=O)c1cccc(Nc2nc(-c3cnc4ccccn34)cs2)c1. The van der Waals surface area contributed by atoms with E-state index < -0.39 is 0 Å². The first-order valence-corrected chi connectivity index (χ1v) is 10.5. The molecular weight excluding hydrogens is 408 g/mol. The van der Waals surface area contributed by atoms with E-state index in [0.29, 0.717) is 16.9 Å². The van der Waals surface area contributed by atoms with Crippen LogP contribution < -0.4 is 16.4 Å². The van der Waals surface area contributed by atoms with Crippen molar-refractivity contribution in [2.75, 3.05) is 16.4 Å². The van der Waals surface area contributed by atoms with Gasteiger partial charge in [-0.25, -0.2) is 9.97 Å². The molecule has 0 spiro atoms. The lowest BCUT2D eigenvalue weighted by atomic mass is 10.1. The molecule has 0 saturated heterocycles. The highest BCUT2D eigenvalue weighted by Crippen LogP contribution is 2.28. The molecule has 0 radical (unpaired) electrons. The number of rotatable bonds is 5. The Labute approximate surface area is 182 Å². The Hall–Kier alpha value is -4.17. The van der Waals surface area contributed by atoms with Crippen molar-refractivity contribution >= 4 is 45.1 Å². The lowest BCUT2D eigenvalue weighted by Gasteiger charge is -2.09. The summed E-state index contributed by atoms with van der Waals surface area (Å²) in [4.78, 5) is 21.7. The number of carbonyl (C=O) groups excluding carboxylic acids is 1. The summed E-state index contributed by atoms with van der Waals surface area (Å²) in [6.07, 6.45) is 3.78. The maximum atomic E-state index is 12.6. The Morgan fingerprint density at radius 1 is 1.03 bits per heavy atom. The highest BCUT2D eigenvalue weighted by atomic mass is 32.1. The number of carbonyl (C=O) groups is 1. The number of pyridine rings is 1. The standard InChI is InChI=1S/C23H18N6OS/c24-17-8-1-2-9-18(17)27-22(30)15-6-5-7-16(12-15)26-23-28-19(14-31-23)20-13-25-21-10-3-4-11-29(20)21/h1-14H,24H2,(H,26,28)(H,27,30). The summed E-state index contributed by atoms with van der Waals surface area (Å²) in [7, 11) is 0. The Kier molecular flexibility index (Phi) is 4.81. The van der Waals surface area contributed by atoms with Crippen molar-refractivity contribution in [3.05, 3.63) is 90.1 Å². The van der Waals surface area contributed by atoms with Gasteiger partial charge in [0.1, 0.15) is 11.3 Å². The number of thiazole rings is 1. The summed E-state index contributed by atoms with van der Waals surface area (Å²) in [5, 5.41) is 8.83. The summed E-state index contributed by atoms with van der Waals surface area (Å²) in [5.41, 5.74) is 10.9. The van der Waals surface area contributed by atoms with Crippen molar-refractivity contribution in [1.82, 2.24) is 14.4 Å². The van der Waals surface area contributed by atoms with Crippen LogP contribution in [0.15, 0.2) is 84.5 Å². The van der Waals surface area contributed by atoms with Gasteiger partial charge in [-0.1, -0.05) is 24.3 Å². The molecule has 5 aromatic rings. The normalized spacial score (nSPS) is 10.8. The monoisotopic (exact) mass is 426 g/mol. The molecule has 3 heterocycles. The van der Waals surface area contributed by atoms with Crippen LogP contribution in [0.2, 0.25) is 0 Å². The van der Waals surface area contributed by atoms with Crippen molar-refractivity contribution in [3.63, 3.8) is 0 Å². The van der Waals surface area contributed by atoms with Crippen LogP contribution in [-0.4, -0.2) is 20.3 Å². The number of hydrogen-bond donors (Lipinski definition) is 3. The largest absolute Gasteiger partial charge is 0.397 e. The van der Waals surface area contributed by atoms with E-state index in [-0.39, 0.29) is 5.91 Å². The average Bonchev–Trinajstić information content (AvgIpc) is 3.42. The smallest absolute Gasteiger partial charge is 0.255 e. The van der Waals surface area contributed by atoms with E-state index in [1.807, 2.05) is 64.6 Å². The van der Waals surface area contributed by atoms with Gasteiger partial charge in [0.05, 0.1) is 23.3 Å². The fourth-order valence-electron chi connectivity index (χ4n) is 3.24. The summed E-state index contributed by atoms with van der Waals surface area (Å²) in [5.74, 6) is -0.230. The first-order chi connectivity index (χ1) is 15.2. The van der Waals surface area contributed by atoms with Crippen molar-refractivity contribution in [2.45, 2.75) is 0 Å². The zero-order valence-corrected chi connectivity index (χ0v) is 17.1. The second-order valence-corrected chi connectivity index (χ2v) is 7.72. The quantitative estimate of drug-likeness (QED) is 0.342. The average molecular weight is 427 g/mol. The topological polar surface area (TPSA) is 97.3 Å². The molecule has 0 saturated carbocycles. The van der Waals surface area contributed by atoms with Gasteiger partial charge in [0.2, 0.25) is 0 Å². The number of nitrogens with two attached hydrogens (primary N) is 1. The second kappa shape index (κ2) is 7.92. The molecule has 0 unspecified atom stereocenters. The number of hydrogen-bond acceptors (Lipinski definition) is 6. The Morgan fingerprint density at radius 2 is 1.90 bits per heavy atom. The Balaban J connectivity index is 1.34. The highest BCUT2D eigenvalue weighted by Gasteiger charge is 2.12. The molecule has 7 nitrogen and oxygen atoms in total. The third kappa shape index (κ3) is 3.84. The maximum absolute atomic E-state index is 12.6.